The van der Waals surface area contributed by atoms with Gasteiger partial charge in [-0.15, -0.1) is 0 Å². The summed E-state index contributed by atoms with van der Waals surface area (Å²) < 4.78 is 25.8. The summed E-state index contributed by atoms with van der Waals surface area (Å²) >= 11 is 0. The fraction of sp³-hybridized carbons (Fsp3) is 0.400. The first-order valence-electron chi connectivity index (χ1n) is 18.2. The molecule has 15 heteroatoms. The van der Waals surface area contributed by atoms with E-state index in [1.54, 1.807) is 50.2 Å². The molecule has 1 atom stereocenters. The maximum atomic E-state index is 14.0. The molecule has 1 aliphatic rings. The number of aliphatic hydroxyl groups excluding tert-OH is 1. The van der Waals surface area contributed by atoms with Crippen LogP contribution in [0.5, 0.6) is 5.75 Å². The third-order valence-electron chi connectivity index (χ3n) is 8.40. The maximum absolute atomic E-state index is 14.0. The molecule has 3 aromatic rings. The zero-order chi connectivity index (χ0) is 39.9. The second-order valence-electron chi connectivity index (χ2n) is 13.1. The number of carbonyl (C=O) groups is 4. The Morgan fingerprint density at radius 2 is 1.75 bits per heavy atom. The lowest BCUT2D eigenvalue weighted by atomic mass is 9.94. The lowest BCUT2D eigenvalue weighted by Crippen LogP contribution is -2.31. The second-order valence-corrected chi connectivity index (χ2v) is 13.1. The second kappa shape index (κ2) is 20.6. The maximum Gasteiger partial charge on any atom is 0.511 e. The van der Waals surface area contributed by atoms with Crippen LogP contribution in [0.3, 0.4) is 0 Å². The highest BCUT2D eigenvalue weighted by atomic mass is 16.8. The number of pyridine rings is 1. The summed E-state index contributed by atoms with van der Waals surface area (Å²) in [4.78, 5) is 56.0. The van der Waals surface area contributed by atoms with Crippen molar-refractivity contribution in [3.05, 3.63) is 83.2 Å². The first-order valence-corrected chi connectivity index (χ1v) is 18.2. The summed E-state index contributed by atoms with van der Waals surface area (Å²) in [6.07, 6.45) is 4.00. The number of hydrogen-bond acceptors (Lipinski definition) is 13. The Morgan fingerprint density at radius 3 is 2.40 bits per heavy atom. The molecule has 4 rings (SSSR count). The van der Waals surface area contributed by atoms with Gasteiger partial charge in [-0.2, -0.15) is 0 Å². The minimum atomic E-state index is -1.21. The molecule has 55 heavy (non-hydrogen) atoms. The van der Waals surface area contributed by atoms with Crippen molar-refractivity contribution in [2.75, 3.05) is 32.4 Å². The van der Waals surface area contributed by atoms with Gasteiger partial charge in [-0.3, -0.25) is 20.8 Å². The molecule has 1 aromatic heterocycles. The molecule has 1 unspecified atom stereocenters. The average Bonchev–Trinajstić information content (AvgIpc) is 4.00. The van der Waals surface area contributed by atoms with Crippen LogP contribution < -0.4 is 20.7 Å². The molecule has 2 aromatic carbocycles. The molecule has 1 saturated carbocycles. The van der Waals surface area contributed by atoms with Crippen molar-refractivity contribution in [2.45, 2.75) is 71.6 Å². The van der Waals surface area contributed by atoms with Crippen molar-refractivity contribution in [1.29, 1.82) is 5.41 Å². The molecule has 0 radical (unpaired) electrons. The van der Waals surface area contributed by atoms with Crippen LogP contribution in [0.25, 0.3) is 17.2 Å². The van der Waals surface area contributed by atoms with Crippen molar-refractivity contribution < 1.29 is 48.0 Å². The molecule has 5 N–H and O–H groups in total. The highest BCUT2D eigenvalue weighted by Gasteiger charge is 2.27. The molecule has 15 nitrogen and oxygen atoms in total. The van der Waals surface area contributed by atoms with Crippen LogP contribution in [0.15, 0.2) is 55.1 Å². The quantitative estimate of drug-likeness (QED) is 0.0210. The van der Waals surface area contributed by atoms with Gasteiger partial charge in [0, 0.05) is 40.0 Å². The number of unbranched alkanes of at least 4 members (excludes halogenated alkanes) is 3. The van der Waals surface area contributed by atoms with Gasteiger partial charge in [-0.25, -0.2) is 19.4 Å². The largest absolute Gasteiger partial charge is 0.511 e. The Balaban J connectivity index is 1.60. The Hall–Kier alpha value is -5.80. The highest BCUT2D eigenvalue weighted by molar-refractivity contribution is 6.11. The van der Waals surface area contributed by atoms with E-state index in [-0.39, 0.29) is 40.5 Å². The van der Waals surface area contributed by atoms with Gasteiger partial charge in [0.25, 0.3) is 5.91 Å². The minimum Gasteiger partial charge on any atom is -0.496 e. The first kappa shape index (κ1) is 41.9. The fourth-order valence-electron chi connectivity index (χ4n) is 5.30. The standard InChI is InChI=1S/C40H49N5O10/c1-6-8-9-10-19-52-39(49)45-35(41)27-13-15-28(16-14-27)43-36(46)31-20-26(7-2)33(51-5)21-30(31)29-17-18-32(37(47)42-22-25-11-12-25)44-34(29)38(48)53-23-54-40(50)55-24(3)4/h7,13-18,20-21,24-25,37,42,47H,2,6,8-12,19,22-23H2,1,3-5H3,(H,43,46)(H2,41,45,49). The van der Waals surface area contributed by atoms with Gasteiger partial charge >= 0.3 is 18.2 Å². The number of nitrogens with one attached hydrogen (secondary N) is 4. The number of alkyl carbamates (subject to hydrolysis) is 1. The van der Waals surface area contributed by atoms with E-state index in [9.17, 15) is 24.3 Å². The van der Waals surface area contributed by atoms with Crippen LogP contribution >= 0.6 is 0 Å². The van der Waals surface area contributed by atoms with Gasteiger partial charge in [0.1, 0.15) is 17.8 Å². The predicted octanol–water partition coefficient (Wildman–Crippen LogP) is 6.95. The van der Waals surface area contributed by atoms with Crippen molar-refractivity contribution in [2.24, 2.45) is 5.92 Å². The van der Waals surface area contributed by atoms with E-state index in [2.05, 4.69) is 34.4 Å². The number of anilines is 1. The molecule has 1 aliphatic carbocycles. The van der Waals surface area contributed by atoms with Crippen LogP contribution in [0, 0.1) is 11.3 Å². The number of nitrogens with zero attached hydrogens (tertiary/aromatic N) is 1. The third-order valence-corrected chi connectivity index (χ3v) is 8.40. The number of carbonyl (C=O) groups excluding carboxylic acids is 4. The van der Waals surface area contributed by atoms with Gasteiger partial charge in [0.15, 0.2) is 5.69 Å². The summed E-state index contributed by atoms with van der Waals surface area (Å²) in [5, 5.41) is 27.4. The number of esters is 1. The number of ether oxygens (including phenoxy) is 5. The molecule has 0 aliphatic heterocycles. The number of rotatable bonds is 19. The Kier molecular flexibility index (Phi) is 15.7. The molecular weight excluding hydrogens is 710 g/mol. The Bertz CT molecular complexity index is 1840. The van der Waals surface area contributed by atoms with E-state index in [1.807, 2.05) is 0 Å². The van der Waals surface area contributed by atoms with Gasteiger partial charge < -0.3 is 34.1 Å². The van der Waals surface area contributed by atoms with Gasteiger partial charge in [-0.05, 0) is 87.6 Å². The van der Waals surface area contributed by atoms with Crippen LogP contribution in [0.1, 0.15) is 103 Å². The minimum absolute atomic E-state index is 0.101. The van der Waals surface area contributed by atoms with Crippen LogP contribution in [-0.4, -0.2) is 73.2 Å². The van der Waals surface area contributed by atoms with Crippen LogP contribution in [-0.2, 0) is 18.9 Å². The zero-order valence-electron chi connectivity index (χ0n) is 31.6. The smallest absolute Gasteiger partial charge is 0.496 e. The van der Waals surface area contributed by atoms with E-state index in [0.717, 1.165) is 38.5 Å². The molecule has 0 saturated heterocycles. The average molecular weight is 760 g/mol. The summed E-state index contributed by atoms with van der Waals surface area (Å²) in [5.41, 5.74) is 1.55. The summed E-state index contributed by atoms with van der Waals surface area (Å²) in [6.45, 7) is 9.23. The summed E-state index contributed by atoms with van der Waals surface area (Å²) in [6, 6.07) is 12.4. The van der Waals surface area contributed by atoms with Gasteiger partial charge in [-0.1, -0.05) is 38.8 Å². The number of benzene rings is 2. The van der Waals surface area contributed by atoms with E-state index in [1.165, 1.54) is 25.3 Å². The molecule has 0 bridgehead atoms. The van der Waals surface area contributed by atoms with Crippen molar-refractivity contribution in [1.82, 2.24) is 15.6 Å². The van der Waals surface area contributed by atoms with Crippen LogP contribution in [0.2, 0.25) is 0 Å². The Morgan fingerprint density at radius 1 is 1.00 bits per heavy atom. The van der Waals surface area contributed by atoms with Crippen molar-refractivity contribution >= 4 is 41.7 Å². The zero-order valence-corrected chi connectivity index (χ0v) is 31.6. The van der Waals surface area contributed by atoms with E-state index in [4.69, 9.17) is 29.1 Å². The number of methoxy groups -OCH3 is 1. The third kappa shape index (κ3) is 12.6. The molecule has 0 spiro atoms. The molecule has 1 fully saturated rings. The lowest BCUT2D eigenvalue weighted by Gasteiger charge is -2.18. The number of aliphatic hydroxyl groups is 1. The van der Waals surface area contributed by atoms with Crippen molar-refractivity contribution in [3.8, 4) is 16.9 Å². The normalized spacial score (nSPS) is 12.6. The summed E-state index contributed by atoms with van der Waals surface area (Å²) in [5.74, 6) is -0.969. The monoisotopic (exact) mass is 759 g/mol. The molecule has 294 valence electrons. The van der Waals surface area contributed by atoms with Crippen molar-refractivity contribution in [3.63, 3.8) is 0 Å². The van der Waals surface area contributed by atoms with Crippen LogP contribution in [0.4, 0.5) is 15.3 Å². The highest BCUT2D eigenvalue weighted by Crippen LogP contribution is 2.35. The SMILES string of the molecule is C=Cc1cc(C(=O)Nc2ccc(C(=N)NC(=O)OCCCCCC)cc2)c(-c2ccc(C(O)NCC3CC3)nc2C(=O)OCOC(=O)OC(C)C)cc1OC. The molecular formula is C40H49N5O10. The lowest BCUT2D eigenvalue weighted by molar-refractivity contribution is -0.0347. The van der Waals surface area contributed by atoms with Gasteiger partial charge in [0.05, 0.1) is 25.5 Å². The van der Waals surface area contributed by atoms with E-state index < -0.39 is 43.2 Å². The Labute approximate surface area is 320 Å². The molecule has 2 amide bonds. The summed E-state index contributed by atoms with van der Waals surface area (Å²) in [7, 11) is 1.44. The topological polar surface area (TPSA) is 207 Å². The van der Waals surface area contributed by atoms with E-state index in [0.29, 0.717) is 35.0 Å². The van der Waals surface area contributed by atoms with Gasteiger partial charge in [0.2, 0.25) is 6.79 Å². The first-order chi connectivity index (χ1) is 26.4. The van der Waals surface area contributed by atoms with E-state index >= 15 is 0 Å². The predicted molar refractivity (Wildman–Crippen MR) is 205 cm³/mol. The number of amides is 2. The number of aromatic nitrogens is 1. The molecule has 1 heterocycles. The fourth-order valence-corrected chi connectivity index (χ4v) is 5.30. The number of amidine groups is 1. The number of hydrogen-bond donors (Lipinski definition) is 5.